The van der Waals surface area contributed by atoms with Gasteiger partial charge >= 0.3 is 6.03 Å². The number of aryl methyl sites for hydroxylation is 1. The number of Topliss-reactive ketones (excluding diaryl/α,β-unsaturated/α-hetero) is 1. The van der Waals surface area contributed by atoms with Crippen LogP contribution in [0.5, 0.6) is 0 Å². The van der Waals surface area contributed by atoms with Crippen molar-refractivity contribution in [2.75, 3.05) is 6.54 Å². The standard InChI is InChI=1S/C22H26N4O3/c1-14-7-9-22(10-8-14)20(28)25(21(29)24-22)13-18(27)17-12-15(2)26(16(17)3)19-6-4-5-11-23-19/h4-6,11-12,14H,7-10,13H2,1-3H3,(H,24,29). The summed E-state index contributed by atoms with van der Waals surface area (Å²) in [5, 5.41) is 2.87. The largest absolute Gasteiger partial charge is 0.325 e. The molecule has 0 bridgehead atoms. The molecule has 1 saturated heterocycles. The van der Waals surface area contributed by atoms with Crippen molar-refractivity contribution in [3.05, 3.63) is 47.4 Å². The molecule has 7 nitrogen and oxygen atoms in total. The molecule has 2 aromatic rings. The number of pyridine rings is 1. The Morgan fingerprint density at radius 1 is 1.24 bits per heavy atom. The molecule has 1 aliphatic carbocycles. The van der Waals surface area contributed by atoms with Gasteiger partial charge in [-0.25, -0.2) is 9.78 Å². The van der Waals surface area contributed by atoms with E-state index in [0.29, 0.717) is 24.3 Å². The van der Waals surface area contributed by atoms with Gasteiger partial charge < -0.3 is 9.88 Å². The van der Waals surface area contributed by atoms with Crippen LogP contribution in [-0.4, -0.2) is 44.3 Å². The summed E-state index contributed by atoms with van der Waals surface area (Å²) < 4.78 is 1.91. The second-order valence-corrected chi connectivity index (χ2v) is 8.32. The average Bonchev–Trinajstić information content (AvgIpc) is 3.13. The SMILES string of the molecule is Cc1cc(C(=O)CN2C(=O)NC3(CCC(C)CC3)C2=O)c(C)n1-c1ccccn1. The summed E-state index contributed by atoms with van der Waals surface area (Å²) in [4.78, 5) is 44.0. The number of urea groups is 1. The van der Waals surface area contributed by atoms with E-state index < -0.39 is 11.6 Å². The molecule has 1 saturated carbocycles. The van der Waals surface area contributed by atoms with Crippen LogP contribution >= 0.6 is 0 Å². The first-order valence-corrected chi connectivity index (χ1v) is 10.1. The van der Waals surface area contributed by atoms with Gasteiger partial charge in [0.1, 0.15) is 11.4 Å². The fourth-order valence-electron chi connectivity index (χ4n) is 4.53. The highest BCUT2D eigenvalue weighted by molar-refractivity contribution is 6.11. The Labute approximate surface area is 170 Å². The topological polar surface area (TPSA) is 84.3 Å². The number of aromatic nitrogens is 2. The van der Waals surface area contributed by atoms with Crippen molar-refractivity contribution >= 4 is 17.7 Å². The van der Waals surface area contributed by atoms with Crippen LogP contribution in [0, 0.1) is 19.8 Å². The van der Waals surface area contributed by atoms with E-state index in [0.717, 1.165) is 34.9 Å². The minimum absolute atomic E-state index is 0.242. The van der Waals surface area contributed by atoms with Crippen molar-refractivity contribution in [1.82, 2.24) is 19.8 Å². The summed E-state index contributed by atoms with van der Waals surface area (Å²) in [6.07, 6.45) is 4.78. The molecule has 1 N–H and O–H groups in total. The zero-order valence-corrected chi connectivity index (χ0v) is 17.1. The predicted octanol–water partition coefficient (Wildman–Crippen LogP) is 3.17. The molecule has 7 heteroatoms. The first-order valence-electron chi connectivity index (χ1n) is 10.1. The molecule has 0 unspecified atom stereocenters. The molecule has 29 heavy (non-hydrogen) atoms. The van der Waals surface area contributed by atoms with E-state index in [9.17, 15) is 14.4 Å². The van der Waals surface area contributed by atoms with Crippen molar-refractivity contribution in [3.63, 3.8) is 0 Å². The fourth-order valence-corrected chi connectivity index (χ4v) is 4.53. The average molecular weight is 394 g/mol. The molecule has 2 aromatic heterocycles. The lowest BCUT2D eigenvalue weighted by molar-refractivity contribution is -0.132. The number of nitrogens with zero attached hydrogens (tertiary/aromatic N) is 3. The number of amides is 3. The van der Waals surface area contributed by atoms with Gasteiger partial charge in [0, 0.05) is 23.1 Å². The summed E-state index contributed by atoms with van der Waals surface area (Å²) in [5.41, 5.74) is 1.31. The number of nitrogens with one attached hydrogen (secondary N) is 1. The molecule has 1 aliphatic heterocycles. The van der Waals surface area contributed by atoms with Gasteiger partial charge in [0.25, 0.3) is 5.91 Å². The van der Waals surface area contributed by atoms with Crippen molar-refractivity contribution in [1.29, 1.82) is 0 Å². The molecule has 0 radical (unpaired) electrons. The smallest absolute Gasteiger partial charge is 0.323 e. The summed E-state index contributed by atoms with van der Waals surface area (Å²) in [7, 11) is 0. The maximum atomic E-state index is 13.0. The molecule has 2 fully saturated rings. The van der Waals surface area contributed by atoms with Gasteiger partial charge in [-0.1, -0.05) is 13.0 Å². The summed E-state index contributed by atoms with van der Waals surface area (Å²) in [6, 6.07) is 6.93. The molecule has 0 atom stereocenters. The number of rotatable bonds is 4. The van der Waals surface area contributed by atoms with Gasteiger partial charge in [0.15, 0.2) is 5.78 Å². The molecule has 4 rings (SSSR count). The Kier molecular flexibility index (Phi) is 4.76. The summed E-state index contributed by atoms with van der Waals surface area (Å²) in [6.45, 7) is 5.68. The van der Waals surface area contributed by atoms with E-state index in [1.807, 2.05) is 36.6 Å². The molecule has 152 valence electrons. The van der Waals surface area contributed by atoms with Gasteiger partial charge in [-0.05, 0) is 63.6 Å². The normalized spacial score (nSPS) is 24.2. The molecule has 3 amide bonds. The maximum Gasteiger partial charge on any atom is 0.325 e. The second-order valence-electron chi connectivity index (χ2n) is 8.32. The Balaban J connectivity index is 1.56. The summed E-state index contributed by atoms with van der Waals surface area (Å²) in [5.74, 6) is 0.774. The lowest BCUT2D eigenvalue weighted by Gasteiger charge is -2.33. The maximum absolute atomic E-state index is 13.0. The monoisotopic (exact) mass is 394 g/mol. The van der Waals surface area contributed by atoms with E-state index in [1.54, 1.807) is 12.3 Å². The van der Waals surface area contributed by atoms with Gasteiger partial charge in [-0.2, -0.15) is 0 Å². The first kappa shape index (κ1) is 19.4. The molecule has 0 aromatic carbocycles. The van der Waals surface area contributed by atoms with Crippen LogP contribution in [0.2, 0.25) is 0 Å². The predicted molar refractivity (Wildman–Crippen MR) is 108 cm³/mol. The Morgan fingerprint density at radius 3 is 2.62 bits per heavy atom. The van der Waals surface area contributed by atoms with Crippen molar-refractivity contribution in [3.8, 4) is 5.82 Å². The minimum atomic E-state index is -0.825. The molecular formula is C22H26N4O3. The number of hydrogen-bond acceptors (Lipinski definition) is 4. The van der Waals surface area contributed by atoms with Crippen molar-refractivity contribution in [2.45, 2.75) is 52.0 Å². The van der Waals surface area contributed by atoms with Crippen LogP contribution in [0.25, 0.3) is 5.82 Å². The number of carbonyl (C=O) groups excluding carboxylic acids is 3. The Bertz CT molecular complexity index is 971. The highest BCUT2D eigenvalue weighted by atomic mass is 16.2. The van der Waals surface area contributed by atoms with Crippen LogP contribution < -0.4 is 5.32 Å². The Morgan fingerprint density at radius 2 is 1.97 bits per heavy atom. The van der Waals surface area contributed by atoms with Crippen LogP contribution in [0.4, 0.5) is 4.79 Å². The number of carbonyl (C=O) groups is 3. The van der Waals surface area contributed by atoms with Crippen LogP contribution in [-0.2, 0) is 4.79 Å². The molecule has 3 heterocycles. The first-order chi connectivity index (χ1) is 13.8. The van der Waals surface area contributed by atoms with Crippen LogP contribution in [0.3, 0.4) is 0 Å². The van der Waals surface area contributed by atoms with E-state index in [1.165, 1.54) is 0 Å². The lowest BCUT2D eigenvalue weighted by Crippen LogP contribution is -2.49. The van der Waals surface area contributed by atoms with Gasteiger partial charge in [-0.3, -0.25) is 14.5 Å². The third-order valence-corrected chi connectivity index (χ3v) is 6.29. The van der Waals surface area contributed by atoms with Gasteiger partial charge in [-0.15, -0.1) is 0 Å². The Hall–Kier alpha value is -2.96. The zero-order chi connectivity index (χ0) is 20.8. The minimum Gasteiger partial charge on any atom is -0.323 e. The van der Waals surface area contributed by atoms with Crippen molar-refractivity contribution in [2.24, 2.45) is 5.92 Å². The molecule has 1 spiro atoms. The van der Waals surface area contributed by atoms with Crippen molar-refractivity contribution < 1.29 is 14.4 Å². The fraction of sp³-hybridized carbons (Fsp3) is 0.455. The number of imide groups is 1. The zero-order valence-electron chi connectivity index (χ0n) is 17.1. The third-order valence-electron chi connectivity index (χ3n) is 6.29. The highest BCUT2D eigenvalue weighted by Gasteiger charge is 2.52. The summed E-state index contributed by atoms with van der Waals surface area (Å²) >= 11 is 0. The number of hydrogen-bond donors (Lipinski definition) is 1. The van der Waals surface area contributed by atoms with E-state index in [-0.39, 0.29) is 18.2 Å². The third kappa shape index (κ3) is 3.24. The molecule has 2 aliphatic rings. The van der Waals surface area contributed by atoms with E-state index in [4.69, 9.17) is 0 Å². The highest BCUT2D eigenvalue weighted by Crippen LogP contribution is 2.36. The second kappa shape index (κ2) is 7.13. The van der Waals surface area contributed by atoms with Crippen LogP contribution in [0.15, 0.2) is 30.5 Å². The molecular weight excluding hydrogens is 368 g/mol. The quantitative estimate of drug-likeness (QED) is 0.638. The van der Waals surface area contributed by atoms with Gasteiger partial charge in [0.05, 0.1) is 6.54 Å². The lowest BCUT2D eigenvalue weighted by atomic mass is 9.77. The van der Waals surface area contributed by atoms with Crippen LogP contribution in [0.1, 0.15) is 54.4 Å². The number of ketones is 1. The van der Waals surface area contributed by atoms with Gasteiger partial charge in [0.2, 0.25) is 0 Å². The van der Waals surface area contributed by atoms with E-state index in [2.05, 4.69) is 17.2 Å². The van der Waals surface area contributed by atoms with E-state index >= 15 is 0 Å².